The van der Waals surface area contributed by atoms with E-state index in [4.69, 9.17) is 15.3 Å². The Balaban J connectivity index is 1.91. The molecule has 3 rings (SSSR count). The summed E-state index contributed by atoms with van der Waals surface area (Å²) in [6.45, 7) is 2.16. The van der Waals surface area contributed by atoms with E-state index in [-0.39, 0.29) is 6.04 Å². The molecule has 0 aliphatic carbocycles. The van der Waals surface area contributed by atoms with Gasteiger partial charge in [-0.3, -0.25) is 5.84 Å². The summed E-state index contributed by atoms with van der Waals surface area (Å²) in [6.07, 6.45) is 3.05. The lowest BCUT2D eigenvalue weighted by Gasteiger charge is -2.18. The highest BCUT2D eigenvalue weighted by Gasteiger charge is 2.21. The second-order valence-electron chi connectivity index (χ2n) is 4.36. The lowest BCUT2D eigenvalue weighted by Crippen LogP contribution is -2.29. The molecule has 2 aliphatic heterocycles. The quantitative estimate of drug-likeness (QED) is 0.613. The van der Waals surface area contributed by atoms with Crippen LogP contribution >= 0.6 is 0 Å². The summed E-state index contributed by atoms with van der Waals surface area (Å²) in [5.74, 6) is 6.55. The van der Waals surface area contributed by atoms with Gasteiger partial charge in [-0.15, -0.1) is 0 Å². The van der Waals surface area contributed by atoms with Crippen molar-refractivity contribution < 1.29 is 9.47 Å². The molecule has 0 saturated heterocycles. The van der Waals surface area contributed by atoms with E-state index in [1.54, 1.807) is 0 Å². The van der Waals surface area contributed by atoms with E-state index in [1.807, 2.05) is 0 Å². The van der Waals surface area contributed by atoms with Gasteiger partial charge in [0.15, 0.2) is 0 Å². The summed E-state index contributed by atoms with van der Waals surface area (Å²) < 4.78 is 11.0. The second kappa shape index (κ2) is 4.49. The van der Waals surface area contributed by atoms with Gasteiger partial charge in [0.1, 0.15) is 11.8 Å². The molecule has 2 heterocycles. The maximum absolute atomic E-state index is 5.63. The van der Waals surface area contributed by atoms with Crippen LogP contribution in [0, 0.1) is 0 Å². The molecule has 0 fully saturated rings. The van der Waals surface area contributed by atoms with E-state index in [2.05, 4.69) is 29.7 Å². The third kappa shape index (κ3) is 1.95. The monoisotopic (exact) mass is 232 g/mol. The van der Waals surface area contributed by atoms with E-state index in [1.165, 1.54) is 11.1 Å². The summed E-state index contributed by atoms with van der Waals surface area (Å²) in [5, 5.41) is 0. The molecule has 4 heteroatoms. The Bertz CT molecular complexity index is 457. The van der Waals surface area contributed by atoms with Crippen LogP contribution in [0.3, 0.4) is 0 Å². The van der Waals surface area contributed by atoms with E-state index in [0.29, 0.717) is 6.61 Å². The van der Waals surface area contributed by atoms with Crippen molar-refractivity contribution in [2.75, 3.05) is 6.61 Å². The van der Waals surface area contributed by atoms with E-state index >= 15 is 0 Å². The van der Waals surface area contributed by atoms with Crippen molar-refractivity contribution in [3.63, 3.8) is 0 Å². The third-order valence-corrected chi connectivity index (χ3v) is 3.26. The van der Waals surface area contributed by atoms with Crippen LogP contribution < -0.4 is 11.3 Å². The van der Waals surface area contributed by atoms with Gasteiger partial charge in [-0.05, 0) is 22.8 Å². The Kier molecular flexibility index (Phi) is 2.84. The van der Waals surface area contributed by atoms with Crippen molar-refractivity contribution in [3.8, 4) is 0 Å². The van der Waals surface area contributed by atoms with Gasteiger partial charge >= 0.3 is 0 Å². The van der Waals surface area contributed by atoms with Gasteiger partial charge in [-0.25, -0.2) is 5.43 Å². The first-order chi connectivity index (χ1) is 8.38. The molecular formula is C13H16N2O2. The molecule has 1 atom stereocenters. The number of nitrogens with one attached hydrogen (secondary N) is 1. The molecule has 1 aromatic carbocycles. The molecule has 0 amide bonds. The van der Waals surface area contributed by atoms with Crippen molar-refractivity contribution in [1.82, 2.24) is 5.43 Å². The fraction of sp³-hybridized carbons (Fsp3) is 0.385. The molecule has 0 bridgehead atoms. The van der Waals surface area contributed by atoms with Gasteiger partial charge in [-0.2, -0.15) is 0 Å². The summed E-state index contributed by atoms with van der Waals surface area (Å²) >= 11 is 0. The number of ether oxygens (including phenoxy) is 2. The smallest absolute Gasteiger partial charge is 0.115 e. The van der Waals surface area contributed by atoms with Crippen LogP contribution in [-0.4, -0.2) is 6.61 Å². The van der Waals surface area contributed by atoms with Gasteiger partial charge < -0.3 is 9.47 Å². The molecule has 4 nitrogen and oxygen atoms in total. The minimum atomic E-state index is -0.0524. The Morgan fingerprint density at radius 3 is 2.88 bits per heavy atom. The number of hydrogen-bond donors (Lipinski definition) is 2. The Morgan fingerprint density at radius 2 is 2.12 bits per heavy atom. The van der Waals surface area contributed by atoms with Gasteiger partial charge in [0.05, 0.1) is 19.8 Å². The summed E-state index contributed by atoms with van der Waals surface area (Å²) in [4.78, 5) is 0. The van der Waals surface area contributed by atoms with E-state index in [0.717, 1.165) is 31.0 Å². The van der Waals surface area contributed by atoms with Crippen LogP contribution in [0.1, 0.15) is 29.2 Å². The fourth-order valence-corrected chi connectivity index (χ4v) is 2.35. The topological polar surface area (TPSA) is 56.5 Å². The van der Waals surface area contributed by atoms with Gasteiger partial charge in [-0.1, -0.05) is 18.2 Å². The summed E-state index contributed by atoms with van der Waals surface area (Å²) in [6, 6.07) is 6.29. The number of rotatable bonds is 3. The zero-order valence-corrected chi connectivity index (χ0v) is 9.61. The molecule has 17 heavy (non-hydrogen) atoms. The maximum Gasteiger partial charge on any atom is 0.115 e. The highest BCUT2D eigenvalue weighted by Crippen LogP contribution is 2.29. The highest BCUT2D eigenvalue weighted by molar-refractivity contribution is 5.37. The van der Waals surface area contributed by atoms with Crippen molar-refractivity contribution in [3.05, 3.63) is 46.7 Å². The zero-order chi connectivity index (χ0) is 11.7. The molecule has 0 saturated carbocycles. The van der Waals surface area contributed by atoms with Gasteiger partial charge in [0.25, 0.3) is 0 Å². The molecule has 1 unspecified atom stereocenters. The first-order valence-corrected chi connectivity index (χ1v) is 5.87. The number of nitrogens with two attached hydrogens (primary N) is 1. The van der Waals surface area contributed by atoms with E-state index in [9.17, 15) is 0 Å². The van der Waals surface area contributed by atoms with Crippen LogP contribution in [-0.2, 0) is 22.7 Å². The zero-order valence-electron chi connectivity index (χ0n) is 9.61. The lowest BCUT2D eigenvalue weighted by atomic mass is 10.00. The molecule has 0 radical (unpaired) electrons. The molecule has 3 N–H and O–H groups in total. The van der Waals surface area contributed by atoms with Crippen LogP contribution in [0.25, 0.3) is 0 Å². The molecule has 1 aromatic rings. The SMILES string of the molecule is NNC(C1=CCCO1)c1ccc2c(c1)COC2. The largest absolute Gasteiger partial charge is 0.496 e. The Hall–Kier alpha value is -1.36. The summed E-state index contributed by atoms with van der Waals surface area (Å²) in [5.41, 5.74) is 6.47. The number of fused-ring (bicyclic) bond motifs is 1. The molecule has 0 aromatic heterocycles. The maximum atomic E-state index is 5.63. The standard InChI is InChI=1S/C13H16N2O2/c14-15-13(12-2-1-5-17-12)9-3-4-10-7-16-8-11(10)6-9/h2-4,6,13,15H,1,5,7-8,14H2. The Morgan fingerprint density at radius 1 is 1.24 bits per heavy atom. The van der Waals surface area contributed by atoms with Gasteiger partial charge in [0, 0.05) is 6.42 Å². The Labute approximate surface area is 100 Å². The molecule has 2 aliphatic rings. The minimum absolute atomic E-state index is 0.0524. The first kappa shape index (κ1) is 10.8. The van der Waals surface area contributed by atoms with Crippen LogP contribution in [0.4, 0.5) is 0 Å². The lowest BCUT2D eigenvalue weighted by molar-refractivity contribution is 0.134. The normalized spacial score (nSPS) is 19.7. The predicted octanol–water partition coefficient (Wildman–Crippen LogP) is 1.53. The highest BCUT2D eigenvalue weighted by atomic mass is 16.5. The summed E-state index contributed by atoms with van der Waals surface area (Å²) in [7, 11) is 0. The van der Waals surface area contributed by atoms with E-state index < -0.39 is 0 Å². The average molecular weight is 232 g/mol. The molecule has 90 valence electrons. The molecule has 0 spiro atoms. The molecular weight excluding hydrogens is 216 g/mol. The van der Waals surface area contributed by atoms with Crippen molar-refractivity contribution in [2.24, 2.45) is 5.84 Å². The third-order valence-electron chi connectivity index (χ3n) is 3.26. The minimum Gasteiger partial charge on any atom is -0.496 e. The van der Waals surface area contributed by atoms with Crippen molar-refractivity contribution in [1.29, 1.82) is 0 Å². The van der Waals surface area contributed by atoms with Crippen molar-refractivity contribution >= 4 is 0 Å². The number of hydrazine groups is 1. The van der Waals surface area contributed by atoms with Gasteiger partial charge in [0.2, 0.25) is 0 Å². The second-order valence-corrected chi connectivity index (χ2v) is 4.36. The first-order valence-electron chi connectivity index (χ1n) is 5.87. The van der Waals surface area contributed by atoms with Crippen molar-refractivity contribution in [2.45, 2.75) is 25.7 Å². The average Bonchev–Trinajstić information content (AvgIpc) is 2.99. The van der Waals surface area contributed by atoms with Crippen LogP contribution in [0.15, 0.2) is 30.0 Å². The van der Waals surface area contributed by atoms with Crippen LogP contribution in [0.5, 0.6) is 0 Å². The number of hydrogen-bond acceptors (Lipinski definition) is 4. The predicted molar refractivity (Wildman–Crippen MR) is 63.7 cm³/mol. The van der Waals surface area contributed by atoms with Crippen LogP contribution in [0.2, 0.25) is 0 Å². The fourth-order valence-electron chi connectivity index (χ4n) is 2.35. The number of benzene rings is 1.